The van der Waals surface area contributed by atoms with Crippen LogP contribution in [0.2, 0.25) is 0 Å². The highest BCUT2D eigenvalue weighted by Crippen LogP contribution is 2.18. The molecule has 0 saturated carbocycles. The Morgan fingerprint density at radius 1 is 1.50 bits per heavy atom. The van der Waals surface area contributed by atoms with Crippen molar-refractivity contribution in [2.45, 2.75) is 25.2 Å². The third kappa shape index (κ3) is 2.80. The van der Waals surface area contributed by atoms with Gasteiger partial charge in [0.05, 0.1) is 0 Å². The SMILES string of the molecule is Cc1noc(C)c1S(=O)(=O)NCCC(N)=O. The first kappa shape index (κ1) is 12.7. The summed E-state index contributed by atoms with van der Waals surface area (Å²) in [5, 5.41) is 3.54. The number of aromatic nitrogens is 1. The van der Waals surface area contributed by atoms with Gasteiger partial charge in [-0.05, 0) is 13.8 Å². The van der Waals surface area contributed by atoms with Crippen LogP contribution in [-0.2, 0) is 14.8 Å². The minimum absolute atomic E-state index is 0.0111. The number of hydrogen-bond donors (Lipinski definition) is 2. The van der Waals surface area contributed by atoms with Gasteiger partial charge >= 0.3 is 0 Å². The molecule has 0 atom stereocenters. The molecule has 7 nitrogen and oxygen atoms in total. The Labute approximate surface area is 93.0 Å². The van der Waals surface area contributed by atoms with E-state index in [1.165, 1.54) is 13.8 Å². The first-order chi connectivity index (χ1) is 7.34. The summed E-state index contributed by atoms with van der Waals surface area (Å²) < 4.78 is 30.5. The molecule has 0 aromatic carbocycles. The van der Waals surface area contributed by atoms with Crippen LogP contribution in [0.15, 0.2) is 9.42 Å². The zero-order chi connectivity index (χ0) is 12.3. The van der Waals surface area contributed by atoms with Crippen molar-refractivity contribution in [2.24, 2.45) is 5.73 Å². The molecule has 0 aliphatic heterocycles. The summed E-state index contributed by atoms with van der Waals surface area (Å²) in [6, 6.07) is 0. The fraction of sp³-hybridized carbons (Fsp3) is 0.500. The van der Waals surface area contributed by atoms with Crippen molar-refractivity contribution in [3.05, 3.63) is 11.5 Å². The van der Waals surface area contributed by atoms with E-state index in [0.717, 1.165) is 0 Å². The van der Waals surface area contributed by atoms with Gasteiger partial charge in [-0.1, -0.05) is 5.16 Å². The Hall–Kier alpha value is -1.41. The fourth-order valence-electron chi connectivity index (χ4n) is 1.24. The maximum Gasteiger partial charge on any atom is 0.245 e. The Kier molecular flexibility index (Phi) is 3.66. The molecule has 3 N–H and O–H groups in total. The van der Waals surface area contributed by atoms with Crippen molar-refractivity contribution < 1.29 is 17.7 Å². The molecule has 1 aromatic rings. The van der Waals surface area contributed by atoms with Crippen molar-refractivity contribution in [1.82, 2.24) is 9.88 Å². The van der Waals surface area contributed by atoms with Gasteiger partial charge in [0.1, 0.15) is 10.6 Å². The van der Waals surface area contributed by atoms with E-state index in [0.29, 0.717) is 0 Å². The van der Waals surface area contributed by atoms with E-state index in [1.54, 1.807) is 0 Å². The molecule has 0 radical (unpaired) electrons. The van der Waals surface area contributed by atoms with Gasteiger partial charge < -0.3 is 10.3 Å². The van der Waals surface area contributed by atoms with Crippen LogP contribution >= 0.6 is 0 Å². The van der Waals surface area contributed by atoms with Gasteiger partial charge in [-0.25, -0.2) is 13.1 Å². The lowest BCUT2D eigenvalue weighted by atomic mass is 10.4. The molecule has 0 spiro atoms. The van der Waals surface area contributed by atoms with Crippen LogP contribution in [0, 0.1) is 13.8 Å². The van der Waals surface area contributed by atoms with Crippen LogP contribution in [0.4, 0.5) is 0 Å². The first-order valence-corrected chi connectivity index (χ1v) is 6.03. The zero-order valence-corrected chi connectivity index (χ0v) is 9.80. The monoisotopic (exact) mass is 247 g/mol. The van der Waals surface area contributed by atoms with E-state index in [4.69, 9.17) is 10.3 Å². The first-order valence-electron chi connectivity index (χ1n) is 4.55. The summed E-state index contributed by atoms with van der Waals surface area (Å²) in [7, 11) is -3.69. The van der Waals surface area contributed by atoms with Crippen LogP contribution in [-0.4, -0.2) is 26.0 Å². The number of rotatable bonds is 5. The summed E-state index contributed by atoms with van der Waals surface area (Å²) in [5.41, 5.74) is 5.18. The van der Waals surface area contributed by atoms with Crippen LogP contribution in [0.3, 0.4) is 0 Å². The number of carbonyl (C=O) groups is 1. The van der Waals surface area contributed by atoms with Gasteiger partial charge in [0, 0.05) is 13.0 Å². The predicted octanol–water partition coefficient (Wildman–Crippen LogP) is -0.555. The standard InChI is InChI=1S/C8H13N3O4S/c1-5-8(6(2)15-11-5)16(13,14)10-4-3-7(9)12/h10H,3-4H2,1-2H3,(H2,9,12). The van der Waals surface area contributed by atoms with Crippen molar-refractivity contribution in [3.63, 3.8) is 0 Å². The zero-order valence-electron chi connectivity index (χ0n) is 8.98. The number of nitrogens with one attached hydrogen (secondary N) is 1. The molecule has 0 fully saturated rings. The molecule has 1 aromatic heterocycles. The molecular formula is C8H13N3O4S. The van der Waals surface area contributed by atoms with Gasteiger partial charge in [0.25, 0.3) is 0 Å². The van der Waals surface area contributed by atoms with Crippen molar-refractivity contribution in [2.75, 3.05) is 6.54 Å². The van der Waals surface area contributed by atoms with Crippen LogP contribution in [0.5, 0.6) is 0 Å². The summed E-state index contributed by atoms with van der Waals surface area (Å²) in [6.45, 7) is 2.99. The highest BCUT2D eigenvalue weighted by molar-refractivity contribution is 7.89. The molecule has 1 rings (SSSR count). The fourth-order valence-corrected chi connectivity index (χ4v) is 2.60. The normalized spacial score (nSPS) is 11.6. The average molecular weight is 247 g/mol. The van der Waals surface area contributed by atoms with Gasteiger partial charge in [0.2, 0.25) is 15.9 Å². The summed E-state index contributed by atoms with van der Waals surface area (Å²) in [5.74, 6) is -0.356. The summed E-state index contributed by atoms with van der Waals surface area (Å²) in [4.78, 5) is 10.5. The van der Waals surface area contributed by atoms with Gasteiger partial charge in [0.15, 0.2) is 5.76 Å². The van der Waals surface area contributed by atoms with Crippen molar-refractivity contribution in [1.29, 1.82) is 0 Å². The second-order valence-electron chi connectivity index (χ2n) is 3.27. The highest BCUT2D eigenvalue weighted by Gasteiger charge is 2.23. The number of amides is 1. The quantitative estimate of drug-likeness (QED) is 0.724. The largest absolute Gasteiger partial charge is 0.370 e. The number of hydrogen-bond acceptors (Lipinski definition) is 5. The van der Waals surface area contributed by atoms with Gasteiger partial charge in [-0.2, -0.15) is 0 Å². The highest BCUT2D eigenvalue weighted by atomic mass is 32.2. The molecule has 16 heavy (non-hydrogen) atoms. The van der Waals surface area contributed by atoms with Crippen LogP contribution in [0.25, 0.3) is 0 Å². The molecule has 0 bridgehead atoms. The van der Waals surface area contributed by atoms with E-state index in [2.05, 4.69) is 9.88 Å². The molecular weight excluding hydrogens is 234 g/mol. The molecule has 0 aliphatic rings. The average Bonchev–Trinajstić information content (AvgIpc) is 2.45. The molecule has 0 saturated heterocycles. The molecule has 0 unspecified atom stereocenters. The number of primary amides is 1. The topological polar surface area (TPSA) is 115 Å². The Morgan fingerprint density at radius 3 is 2.56 bits per heavy atom. The number of nitrogens with zero attached hydrogens (tertiary/aromatic N) is 1. The van der Waals surface area contributed by atoms with Gasteiger partial charge in [-0.3, -0.25) is 4.79 Å². The van der Waals surface area contributed by atoms with Gasteiger partial charge in [-0.15, -0.1) is 0 Å². The minimum atomic E-state index is -3.69. The Bertz CT molecular complexity index is 472. The molecule has 0 aliphatic carbocycles. The Balaban J connectivity index is 2.83. The minimum Gasteiger partial charge on any atom is -0.370 e. The third-order valence-electron chi connectivity index (χ3n) is 1.90. The number of nitrogens with two attached hydrogens (primary N) is 1. The second-order valence-corrected chi connectivity index (χ2v) is 4.97. The lowest BCUT2D eigenvalue weighted by molar-refractivity contribution is -0.117. The number of sulfonamides is 1. The molecule has 8 heteroatoms. The lowest BCUT2D eigenvalue weighted by Crippen LogP contribution is -2.28. The molecule has 1 heterocycles. The van der Waals surface area contributed by atoms with Crippen molar-refractivity contribution in [3.8, 4) is 0 Å². The summed E-state index contributed by atoms with van der Waals surface area (Å²) >= 11 is 0. The lowest BCUT2D eigenvalue weighted by Gasteiger charge is -2.04. The van der Waals surface area contributed by atoms with E-state index in [9.17, 15) is 13.2 Å². The molecule has 1 amide bonds. The maximum atomic E-state index is 11.8. The van der Waals surface area contributed by atoms with Crippen LogP contribution < -0.4 is 10.5 Å². The van der Waals surface area contributed by atoms with E-state index >= 15 is 0 Å². The maximum absolute atomic E-state index is 11.8. The number of aryl methyl sites for hydroxylation is 2. The van der Waals surface area contributed by atoms with Crippen LogP contribution in [0.1, 0.15) is 17.9 Å². The van der Waals surface area contributed by atoms with E-state index in [1.807, 2.05) is 0 Å². The second kappa shape index (κ2) is 4.62. The van der Waals surface area contributed by atoms with E-state index < -0.39 is 15.9 Å². The molecule has 90 valence electrons. The van der Waals surface area contributed by atoms with E-state index in [-0.39, 0.29) is 29.3 Å². The smallest absolute Gasteiger partial charge is 0.245 e. The van der Waals surface area contributed by atoms with Crippen molar-refractivity contribution >= 4 is 15.9 Å². The third-order valence-corrected chi connectivity index (χ3v) is 3.60. The number of carbonyl (C=O) groups excluding carboxylic acids is 1. The predicted molar refractivity (Wildman–Crippen MR) is 55.0 cm³/mol. The Morgan fingerprint density at radius 2 is 2.12 bits per heavy atom. The summed E-state index contributed by atoms with van der Waals surface area (Å²) in [6.07, 6.45) is -0.0530.